The maximum absolute atomic E-state index is 5.29. The molecule has 0 heterocycles. The Bertz CT molecular complexity index is 67.1. The van der Waals surface area contributed by atoms with Crippen molar-refractivity contribution in [2.45, 2.75) is 0 Å². The first-order valence-electron chi connectivity index (χ1n) is 0.717. The minimum atomic E-state index is -5.29. The molecule has 1 nitrogen and oxygen atoms in total. The Labute approximate surface area is 69.1 Å². The standard InChI is InChI=1S/6ClH.H3N.Pt/h6*1H;1H3;/q;;;;;;;+6/p-6. The van der Waals surface area contributed by atoms with E-state index in [0.29, 0.717) is 0 Å². The Hall–Kier alpha value is 2.39. The van der Waals surface area contributed by atoms with Crippen LogP contribution in [-0.2, 0) is 7.31 Å². The molecule has 0 aliphatic rings. The molecule has 0 aliphatic carbocycles. The molecule has 0 aliphatic heterocycles. The van der Waals surface area contributed by atoms with Crippen LogP contribution in [-0.4, -0.2) is 0 Å². The van der Waals surface area contributed by atoms with Crippen LogP contribution >= 0.6 is 56.5 Å². The predicted molar refractivity (Wildman–Crippen MR) is 40.1 cm³/mol. The molecule has 0 saturated heterocycles. The zero-order chi connectivity index (χ0) is 6.41. The summed E-state index contributed by atoms with van der Waals surface area (Å²) in [5, 5.41) is 0. The van der Waals surface area contributed by atoms with Crippen molar-refractivity contribution < 1.29 is 7.31 Å². The van der Waals surface area contributed by atoms with Gasteiger partial charge in [-0.25, -0.2) is 0 Å². The Balaban J connectivity index is 0. The van der Waals surface area contributed by atoms with Crippen molar-refractivity contribution >= 4 is 56.5 Å². The number of rotatable bonds is 0. The molecule has 0 saturated carbocycles. The SMILES string of the molecule is N.[Cl][Pt]([Cl])([Cl])([Cl])([Cl])[Cl]. The van der Waals surface area contributed by atoms with Gasteiger partial charge in [-0.15, -0.1) is 0 Å². The van der Waals surface area contributed by atoms with Crippen molar-refractivity contribution in [2.75, 3.05) is 0 Å². The van der Waals surface area contributed by atoms with Crippen LogP contribution in [0.3, 0.4) is 0 Å². The fourth-order valence-electron chi connectivity index (χ4n) is 0. The van der Waals surface area contributed by atoms with Gasteiger partial charge in [-0.05, 0) is 0 Å². The van der Waals surface area contributed by atoms with E-state index in [1.54, 1.807) is 0 Å². The Morgan fingerprint density at radius 3 is 0.625 bits per heavy atom. The molecule has 0 aromatic heterocycles. The molecule has 3 N–H and O–H groups in total. The zero-order valence-electron chi connectivity index (χ0n) is 3.29. The third kappa shape index (κ3) is 80.3. The molecule has 8 heteroatoms. The van der Waals surface area contributed by atoms with Crippen molar-refractivity contribution in [1.82, 2.24) is 6.15 Å². The molecule has 8 heavy (non-hydrogen) atoms. The summed E-state index contributed by atoms with van der Waals surface area (Å²) >= 11 is 0. The summed E-state index contributed by atoms with van der Waals surface area (Å²) < 4.78 is 0. The first kappa shape index (κ1) is 13.0. The average molecular weight is 425 g/mol. The van der Waals surface area contributed by atoms with Gasteiger partial charge in [-0.3, -0.25) is 0 Å². The fourth-order valence-corrected chi connectivity index (χ4v) is 0. The summed E-state index contributed by atoms with van der Waals surface area (Å²) in [6.07, 6.45) is 0. The van der Waals surface area contributed by atoms with Gasteiger partial charge in [0, 0.05) is 0 Å². The van der Waals surface area contributed by atoms with Crippen LogP contribution < -0.4 is 6.15 Å². The van der Waals surface area contributed by atoms with E-state index >= 15 is 0 Å². The summed E-state index contributed by atoms with van der Waals surface area (Å²) in [6.45, 7) is 0. The van der Waals surface area contributed by atoms with Gasteiger partial charge in [0.2, 0.25) is 0 Å². The fraction of sp³-hybridized carbons (Fsp3) is 0. The van der Waals surface area contributed by atoms with Crippen LogP contribution in [0, 0.1) is 0 Å². The van der Waals surface area contributed by atoms with Crippen molar-refractivity contribution in [1.29, 1.82) is 0 Å². The van der Waals surface area contributed by atoms with Crippen LogP contribution in [0.25, 0.3) is 0 Å². The number of hydrogen-bond donors (Lipinski definition) is 1. The second-order valence-corrected chi connectivity index (χ2v) is 49.9. The van der Waals surface area contributed by atoms with Crippen LogP contribution in [0.1, 0.15) is 0 Å². The first-order valence-corrected chi connectivity index (χ1v) is 17.6. The molecule has 60 valence electrons. The van der Waals surface area contributed by atoms with E-state index in [2.05, 4.69) is 0 Å². The van der Waals surface area contributed by atoms with E-state index in [9.17, 15) is 0 Å². The van der Waals surface area contributed by atoms with Crippen LogP contribution in [0.2, 0.25) is 0 Å². The molecule has 0 spiro atoms. The van der Waals surface area contributed by atoms with E-state index < -0.39 is 7.31 Å². The molecule has 0 atom stereocenters. The van der Waals surface area contributed by atoms with Crippen molar-refractivity contribution in [3.63, 3.8) is 0 Å². The maximum atomic E-state index is 5.05. The summed E-state index contributed by atoms with van der Waals surface area (Å²) in [6, 6.07) is 0. The van der Waals surface area contributed by atoms with Gasteiger partial charge in [-0.2, -0.15) is 0 Å². The quantitative estimate of drug-likeness (QED) is 0.618. The molecule has 0 unspecified atom stereocenters. The first-order chi connectivity index (χ1) is 2.45. The number of hydrogen-bond acceptors (Lipinski definition) is 1. The van der Waals surface area contributed by atoms with E-state index in [4.69, 9.17) is 56.5 Å². The second kappa shape index (κ2) is 2.18. The van der Waals surface area contributed by atoms with E-state index in [1.807, 2.05) is 0 Å². The summed E-state index contributed by atoms with van der Waals surface area (Å²) in [7, 11) is 25.0. The Morgan fingerprint density at radius 2 is 0.625 bits per heavy atom. The summed E-state index contributed by atoms with van der Waals surface area (Å²) in [5.41, 5.74) is 0. The number of halogens is 6. The molecular weight excluding hydrogens is 422 g/mol. The van der Waals surface area contributed by atoms with Gasteiger partial charge in [0.25, 0.3) is 0 Å². The van der Waals surface area contributed by atoms with Gasteiger partial charge in [0.1, 0.15) is 0 Å². The van der Waals surface area contributed by atoms with Gasteiger partial charge < -0.3 is 6.15 Å². The van der Waals surface area contributed by atoms with Gasteiger partial charge in [-0.1, -0.05) is 0 Å². The topological polar surface area (TPSA) is 35.0 Å². The monoisotopic (exact) mass is 422 g/mol. The van der Waals surface area contributed by atoms with Gasteiger partial charge in [0.05, 0.1) is 0 Å². The molecule has 0 radical (unpaired) electrons. The average Bonchev–Trinajstić information content (AvgIpc) is 0.592. The van der Waals surface area contributed by atoms with Gasteiger partial charge in [0.15, 0.2) is 0 Å². The summed E-state index contributed by atoms with van der Waals surface area (Å²) in [4.78, 5) is 0. The van der Waals surface area contributed by atoms with Crippen LogP contribution in [0.4, 0.5) is 0 Å². The Kier molecular flexibility index (Phi) is 3.55. The molecule has 0 fully saturated rings. The van der Waals surface area contributed by atoms with E-state index in [-0.39, 0.29) is 6.15 Å². The van der Waals surface area contributed by atoms with E-state index in [0.717, 1.165) is 0 Å². The third-order valence-electron chi connectivity index (χ3n) is 0. The molecule has 0 rings (SSSR count). The van der Waals surface area contributed by atoms with Crippen molar-refractivity contribution in [2.24, 2.45) is 0 Å². The van der Waals surface area contributed by atoms with Crippen LogP contribution in [0.5, 0.6) is 0 Å². The zero-order valence-corrected chi connectivity index (χ0v) is 10.1. The molecule has 0 amide bonds. The molecular formula is H3Cl6NPt. The second-order valence-electron chi connectivity index (χ2n) is 0.678. The normalized spacial score (nSPS) is 20.2. The third-order valence-corrected chi connectivity index (χ3v) is 0. The predicted octanol–water partition coefficient (Wildman–Crippen LogP) is 4.30. The van der Waals surface area contributed by atoms with Crippen LogP contribution in [0.15, 0.2) is 0 Å². The van der Waals surface area contributed by atoms with Crippen molar-refractivity contribution in [3.8, 4) is 0 Å². The molecule has 0 aromatic carbocycles. The Morgan fingerprint density at radius 1 is 0.625 bits per heavy atom. The minimum absolute atomic E-state index is 0. The van der Waals surface area contributed by atoms with Gasteiger partial charge >= 0.3 is 63.8 Å². The summed E-state index contributed by atoms with van der Waals surface area (Å²) in [5.74, 6) is 0. The molecule has 0 aromatic rings. The van der Waals surface area contributed by atoms with Crippen molar-refractivity contribution in [3.05, 3.63) is 0 Å². The molecule has 0 bridgehead atoms. The van der Waals surface area contributed by atoms with E-state index in [1.165, 1.54) is 0 Å².